The Balaban J connectivity index is 1.80. The molecule has 0 aromatic heterocycles. The summed E-state index contributed by atoms with van der Waals surface area (Å²) in [5, 5.41) is 2.80. The molecule has 3 heteroatoms. The quantitative estimate of drug-likeness (QED) is 0.848. The first-order chi connectivity index (χ1) is 7.75. The summed E-state index contributed by atoms with van der Waals surface area (Å²) in [5.74, 6) is 1.29. The normalized spacial score (nSPS) is 15.3. The van der Waals surface area contributed by atoms with Crippen LogP contribution in [0.2, 0.25) is 0 Å². The maximum Gasteiger partial charge on any atom is 0.412 e. The zero-order chi connectivity index (χ0) is 11.4. The van der Waals surface area contributed by atoms with Crippen LogP contribution in [0, 0.1) is 12.8 Å². The third-order valence-electron chi connectivity index (χ3n) is 3.06. The zero-order valence-electron chi connectivity index (χ0n) is 9.53. The number of ether oxygens (including phenoxy) is 1. The van der Waals surface area contributed by atoms with Gasteiger partial charge < -0.3 is 10.1 Å². The number of hydrogen-bond donors (Lipinski definition) is 1. The molecule has 0 heterocycles. The Bertz CT molecular complexity index is 372. The van der Waals surface area contributed by atoms with Crippen molar-refractivity contribution in [1.82, 2.24) is 5.32 Å². The second-order valence-electron chi connectivity index (χ2n) is 4.33. The molecule has 0 spiro atoms. The monoisotopic (exact) mass is 219 g/mol. The maximum atomic E-state index is 11.5. The fourth-order valence-corrected chi connectivity index (χ4v) is 1.73. The molecule has 0 atom stereocenters. The smallest absolute Gasteiger partial charge is 0.410 e. The lowest BCUT2D eigenvalue weighted by atomic mass is 9.85. The van der Waals surface area contributed by atoms with Gasteiger partial charge in [0.15, 0.2) is 0 Å². The van der Waals surface area contributed by atoms with Gasteiger partial charge >= 0.3 is 6.09 Å². The number of nitrogens with one attached hydrogen (secondary N) is 1. The third kappa shape index (κ3) is 2.75. The largest absolute Gasteiger partial charge is 0.412 e. The molecule has 1 N–H and O–H groups in total. The lowest BCUT2D eigenvalue weighted by Crippen LogP contribution is -2.34. The Morgan fingerprint density at radius 3 is 2.81 bits per heavy atom. The third-order valence-corrected chi connectivity index (χ3v) is 3.06. The highest BCUT2D eigenvalue weighted by atomic mass is 16.6. The first-order valence-corrected chi connectivity index (χ1v) is 5.77. The highest BCUT2D eigenvalue weighted by molar-refractivity contribution is 5.70. The van der Waals surface area contributed by atoms with Crippen molar-refractivity contribution in [3.05, 3.63) is 29.8 Å². The fraction of sp³-hybridized carbons (Fsp3) is 0.462. The average molecular weight is 219 g/mol. The van der Waals surface area contributed by atoms with Gasteiger partial charge in [-0.25, -0.2) is 4.79 Å². The highest BCUT2D eigenvalue weighted by Crippen LogP contribution is 2.25. The van der Waals surface area contributed by atoms with Gasteiger partial charge in [0.05, 0.1) is 0 Å². The van der Waals surface area contributed by atoms with Gasteiger partial charge in [-0.05, 0) is 37.3 Å². The molecule has 1 aromatic carbocycles. The molecule has 1 aliphatic rings. The molecule has 0 radical (unpaired) electrons. The van der Waals surface area contributed by atoms with Gasteiger partial charge in [0.25, 0.3) is 0 Å². The number of amides is 1. The molecule has 16 heavy (non-hydrogen) atoms. The fourth-order valence-electron chi connectivity index (χ4n) is 1.73. The molecular formula is C13H17NO2. The van der Waals surface area contributed by atoms with Crippen LogP contribution in [0.25, 0.3) is 0 Å². The van der Waals surface area contributed by atoms with Crippen molar-refractivity contribution in [2.75, 3.05) is 6.54 Å². The summed E-state index contributed by atoms with van der Waals surface area (Å²) in [4.78, 5) is 11.5. The number of rotatable bonds is 3. The predicted octanol–water partition coefficient (Wildman–Crippen LogP) is 2.88. The SMILES string of the molecule is Cc1ccccc1OC(=O)NCC1CCC1. The predicted molar refractivity (Wildman–Crippen MR) is 62.5 cm³/mol. The summed E-state index contributed by atoms with van der Waals surface area (Å²) in [6, 6.07) is 7.52. The van der Waals surface area contributed by atoms with Crippen LogP contribution in [0.15, 0.2) is 24.3 Å². The van der Waals surface area contributed by atoms with Crippen LogP contribution in [-0.2, 0) is 0 Å². The summed E-state index contributed by atoms with van der Waals surface area (Å²) in [6.45, 7) is 2.67. The van der Waals surface area contributed by atoms with Gasteiger partial charge in [0.1, 0.15) is 5.75 Å². The topological polar surface area (TPSA) is 38.3 Å². The van der Waals surface area contributed by atoms with E-state index < -0.39 is 0 Å². The first-order valence-electron chi connectivity index (χ1n) is 5.77. The van der Waals surface area contributed by atoms with E-state index in [2.05, 4.69) is 5.32 Å². The molecule has 0 saturated heterocycles. The average Bonchev–Trinajstić information content (AvgIpc) is 2.19. The van der Waals surface area contributed by atoms with Crippen molar-refractivity contribution in [3.8, 4) is 5.75 Å². The second-order valence-corrected chi connectivity index (χ2v) is 4.33. The standard InChI is InChI=1S/C13H17NO2/c1-10-5-2-3-8-12(10)16-13(15)14-9-11-6-4-7-11/h2-3,5,8,11H,4,6-7,9H2,1H3,(H,14,15). The molecule has 1 aliphatic carbocycles. The molecule has 1 saturated carbocycles. The van der Waals surface area contributed by atoms with E-state index in [1.165, 1.54) is 19.3 Å². The molecule has 0 unspecified atom stereocenters. The van der Waals surface area contributed by atoms with Crippen LogP contribution >= 0.6 is 0 Å². The summed E-state index contributed by atoms with van der Waals surface area (Å²) >= 11 is 0. The Kier molecular flexibility index (Phi) is 3.44. The van der Waals surface area contributed by atoms with E-state index in [0.717, 1.165) is 12.1 Å². The molecule has 2 rings (SSSR count). The van der Waals surface area contributed by atoms with E-state index >= 15 is 0 Å². The molecule has 1 aromatic rings. The lowest BCUT2D eigenvalue weighted by Gasteiger charge is -2.25. The maximum absolute atomic E-state index is 11.5. The number of hydrogen-bond acceptors (Lipinski definition) is 2. The number of para-hydroxylation sites is 1. The molecule has 1 amide bonds. The van der Waals surface area contributed by atoms with Crippen molar-refractivity contribution < 1.29 is 9.53 Å². The van der Waals surface area contributed by atoms with Crippen LogP contribution in [0.5, 0.6) is 5.75 Å². The van der Waals surface area contributed by atoms with Gasteiger partial charge in [0.2, 0.25) is 0 Å². The van der Waals surface area contributed by atoms with Gasteiger partial charge in [-0.3, -0.25) is 0 Å². The van der Waals surface area contributed by atoms with Crippen molar-refractivity contribution in [1.29, 1.82) is 0 Å². The molecule has 3 nitrogen and oxygen atoms in total. The Labute approximate surface area is 95.8 Å². The van der Waals surface area contributed by atoms with Crippen molar-refractivity contribution in [2.24, 2.45) is 5.92 Å². The van der Waals surface area contributed by atoms with Gasteiger partial charge in [0, 0.05) is 6.54 Å². The van der Waals surface area contributed by atoms with Gasteiger partial charge in [-0.15, -0.1) is 0 Å². The van der Waals surface area contributed by atoms with E-state index in [0.29, 0.717) is 11.7 Å². The second kappa shape index (κ2) is 5.01. The highest BCUT2D eigenvalue weighted by Gasteiger charge is 2.18. The molecule has 1 fully saturated rings. The Hall–Kier alpha value is -1.51. The van der Waals surface area contributed by atoms with Gasteiger partial charge in [-0.2, -0.15) is 0 Å². The molecular weight excluding hydrogens is 202 g/mol. The summed E-state index contributed by atoms with van der Waals surface area (Å²) in [5.41, 5.74) is 0.973. The van der Waals surface area contributed by atoms with E-state index in [9.17, 15) is 4.79 Å². The number of carbonyl (C=O) groups is 1. The summed E-state index contributed by atoms with van der Waals surface area (Å²) in [6.07, 6.45) is 3.40. The van der Waals surface area contributed by atoms with E-state index in [1.54, 1.807) is 6.07 Å². The summed E-state index contributed by atoms with van der Waals surface area (Å²) in [7, 11) is 0. The number of benzene rings is 1. The molecule has 86 valence electrons. The van der Waals surface area contributed by atoms with E-state index in [-0.39, 0.29) is 6.09 Å². The number of carbonyl (C=O) groups excluding carboxylic acids is 1. The van der Waals surface area contributed by atoms with E-state index in [1.807, 2.05) is 25.1 Å². The Morgan fingerprint density at radius 1 is 1.44 bits per heavy atom. The molecule has 0 bridgehead atoms. The minimum Gasteiger partial charge on any atom is -0.410 e. The van der Waals surface area contributed by atoms with Crippen LogP contribution in [0.1, 0.15) is 24.8 Å². The lowest BCUT2D eigenvalue weighted by molar-refractivity contribution is 0.193. The van der Waals surface area contributed by atoms with E-state index in [4.69, 9.17) is 4.74 Å². The van der Waals surface area contributed by atoms with Crippen molar-refractivity contribution in [2.45, 2.75) is 26.2 Å². The minimum atomic E-state index is -0.346. The Morgan fingerprint density at radius 2 is 2.19 bits per heavy atom. The van der Waals surface area contributed by atoms with Gasteiger partial charge in [-0.1, -0.05) is 24.6 Å². The van der Waals surface area contributed by atoms with Crippen LogP contribution < -0.4 is 10.1 Å². The molecule has 0 aliphatic heterocycles. The van der Waals surface area contributed by atoms with Crippen LogP contribution in [-0.4, -0.2) is 12.6 Å². The zero-order valence-corrected chi connectivity index (χ0v) is 9.53. The van der Waals surface area contributed by atoms with Crippen LogP contribution in [0.4, 0.5) is 4.79 Å². The van der Waals surface area contributed by atoms with Crippen LogP contribution in [0.3, 0.4) is 0 Å². The van der Waals surface area contributed by atoms with Crippen molar-refractivity contribution in [3.63, 3.8) is 0 Å². The number of aryl methyl sites for hydroxylation is 1. The van der Waals surface area contributed by atoms with Crippen molar-refractivity contribution >= 4 is 6.09 Å². The minimum absolute atomic E-state index is 0.346. The summed E-state index contributed by atoms with van der Waals surface area (Å²) < 4.78 is 5.21. The first kappa shape index (κ1) is 11.0.